The zero-order chi connectivity index (χ0) is 9.97. The quantitative estimate of drug-likeness (QED) is 0.682. The molecule has 0 spiro atoms. The summed E-state index contributed by atoms with van der Waals surface area (Å²) in [5, 5.41) is 3.05. The van der Waals surface area contributed by atoms with Crippen molar-refractivity contribution < 1.29 is 9.53 Å². The van der Waals surface area contributed by atoms with Crippen LogP contribution in [-0.2, 0) is 4.74 Å². The van der Waals surface area contributed by atoms with E-state index < -0.39 is 0 Å². The van der Waals surface area contributed by atoms with Crippen LogP contribution in [-0.4, -0.2) is 42.8 Å². The molecule has 2 amide bonds. The molecule has 1 aliphatic carbocycles. The number of nitrogens with one attached hydrogen (secondary N) is 1. The summed E-state index contributed by atoms with van der Waals surface area (Å²) in [4.78, 5) is 13.6. The Hall–Kier alpha value is -0.770. The minimum absolute atomic E-state index is 0.0884. The smallest absolute Gasteiger partial charge is 0.318 e. The topological polar surface area (TPSA) is 41.6 Å². The van der Waals surface area contributed by atoms with E-state index in [4.69, 9.17) is 4.74 Å². The molecule has 80 valence electrons. The lowest BCUT2D eigenvalue weighted by Gasteiger charge is -2.36. The van der Waals surface area contributed by atoms with Crippen LogP contribution in [0.3, 0.4) is 0 Å². The molecule has 1 saturated heterocycles. The van der Waals surface area contributed by atoms with Gasteiger partial charge < -0.3 is 15.0 Å². The highest BCUT2D eigenvalue weighted by atomic mass is 16.5. The van der Waals surface area contributed by atoms with Crippen LogP contribution in [0.25, 0.3) is 0 Å². The van der Waals surface area contributed by atoms with E-state index in [9.17, 15) is 4.79 Å². The van der Waals surface area contributed by atoms with Crippen LogP contribution in [0.4, 0.5) is 4.79 Å². The first kappa shape index (κ1) is 9.77. The van der Waals surface area contributed by atoms with E-state index in [1.165, 1.54) is 6.42 Å². The molecule has 2 aliphatic rings. The third-order valence-corrected chi connectivity index (χ3v) is 3.06. The maximum absolute atomic E-state index is 11.8. The van der Waals surface area contributed by atoms with Gasteiger partial charge in [0.2, 0.25) is 0 Å². The summed E-state index contributed by atoms with van der Waals surface area (Å²) in [6.07, 6.45) is 3.54. The molecule has 0 bridgehead atoms. The fourth-order valence-corrected chi connectivity index (χ4v) is 1.84. The van der Waals surface area contributed by atoms with Gasteiger partial charge in [-0.05, 0) is 26.2 Å². The first-order chi connectivity index (χ1) is 6.77. The van der Waals surface area contributed by atoms with Crippen molar-refractivity contribution in [2.75, 3.05) is 19.8 Å². The van der Waals surface area contributed by atoms with Crippen LogP contribution in [0.15, 0.2) is 0 Å². The Morgan fingerprint density at radius 1 is 1.50 bits per heavy atom. The van der Waals surface area contributed by atoms with Crippen LogP contribution in [0.2, 0.25) is 0 Å². The van der Waals surface area contributed by atoms with E-state index in [1.807, 2.05) is 11.8 Å². The molecule has 4 heteroatoms. The van der Waals surface area contributed by atoms with Gasteiger partial charge in [0.1, 0.15) is 0 Å². The van der Waals surface area contributed by atoms with Crippen molar-refractivity contribution in [3.8, 4) is 0 Å². The van der Waals surface area contributed by atoms with Gasteiger partial charge in [-0.15, -0.1) is 0 Å². The largest absolute Gasteiger partial charge is 0.377 e. The summed E-state index contributed by atoms with van der Waals surface area (Å²) in [7, 11) is 0. The number of amides is 2. The Bertz CT molecular complexity index is 216. The van der Waals surface area contributed by atoms with E-state index in [0.29, 0.717) is 19.3 Å². The van der Waals surface area contributed by atoms with Crippen molar-refractivity contribution in [1.29, 1.82) is 0 Å². The molecule has 2 rings (SSSR count). The summed E-state index contributed by atoms with van der Waals surface area (Å²) >= 11 is 0. The number of rotatable bonds is 1. The predicted molar refractivity (Wildman–Crippen MR) is 53.2 cm³/mol. The number of carbonyl (C=O) groups is 1. The second-order valence-electron chi connectivity index (χ2n) is 4.19. The molecule has 0 aromatic carbocycles. The first-order valence-electron chi connectivity index (χ1n) is 5.42. The van der Waals surface area contributed by atoms with Crippen molar-refractivity contribution in [2.45, 2.75) is 38.3 Å². The second-order valence-corrected chi connectivity index (χ2v) is 4.19. The number of morpholine rings is 1. The molecule has 1 N–H and O–H groups in total. The molecular weight excluding hydrogens is 180 g/mol. The van der Waals surface area contributed by atoms with Gasteiger partial charge in [0.05, 0.1) is 19.3 Å². The van der Waals surface area contributed by atoms with Crippen molar-refractivity contribution in [2.24, 2.45) is 0 Å². The SMILES string of the molecule is C[C@@H]1COCCN1C(=O)NC1CCC1. The fraction of sp³-hybridized carbons (Fsp3) is 0.900. The van der Waals surface area contributed by atoms with Gasteiger partial charge in [-0.3, -0.25) is 0 Å². The highest BCUT2D eigenvalue weighted by molar-refractivity contribution is 5.75. The molecule has 0 aromatic heterocycles. The number of hydrogen-bond acceptors (Lipinski definition) is 2. The molecule has 2 fully saturated rings. The summed E-state index contributed by atoms with van der Waals surface area (Å²) in [5.74, 6) is 0. The summed E-state index contributed by atoms with van der Waals surface area (Å²) in [6, 6.07) is 0.729. The Kier molecular flexibility index (Phi) is 2.91. The van der Waals surface area contributed by atoms with Gasteiger partial charge >= 0.3 is 6.03 Å². The minimum atomic E-state index is 0.0884. The molecule has 0 aromatic rings. The fourth-order valence-electron chi connectivity index (χ4n) is 1.84. The number of urea groups is 1. The highest BCUT2D eigenvalue weighted by Gasteiger charge is 2.27. The molecule has 0 radical (unpaired) electrons. The number of carbonyl (C=O) groups excluding carboxylic acids is 1. The second kappa shape index (κ2) is 4.17. The lowest BCUT2D eigenvalue weighted by molar-refractivity contribution is 0.0178. The summed E-state index contributed by atoms with van der Waals surface area (Å²) < 4.78 is 5.29. The minimum Gasteiger partial charge on any atom is -0.377 e. The standard InChI is InChI=1S/C10H18N2O2/c1-8-7-14-6-5-12(8)10(13)11-9-3-2-4-9/h8-9H,2-7H2,1H3,(H,11,13)/t8-/m1/s1. The van der Waals surface area contributed by atoms with E-state index in [-0.39, 0.29) is 12.1 Å². The molecule has 1 saturated carbocycles. The van der Waals surface area contributed by atoms with Crippen LogP contribution in [0.1, 0.15) is 26.2 Å². The third kappa shape index (κ3) is 2.00. The molecule has 1 atom stereocenters. The normalized spacial score (nSPS) is 28.4. The van der Waals surface area contributed by atoms with Gasteiger partial charge in [0, 0.05) is 12.6 Å². The van der Waals surface area contributed by atoms with Crippen molar-refractivity contribution in [3.05, 3.63) is 0 Å². The molecule has 14 heavy (non-hydrogen) atoms. The zero-order valence-electron chi connectivity index (χ0n) is 8.66. The molecule has 4 nitrogen and oxygen atoms in total. The number of hydrogen-bond donors (Lipinski definition) is 1. The first-order valence-corrected chi connectivity index (χ1v) is 5.42. The van der Waals surface area contributed by atoms with Gasteiger partial charge in [0.25, 0.3) is 0 Å². The van der Waals surface area contributed by atoms with Crippen LogP contribution >= 0.6 is 0 Å². The summed E-state index contributed by atoms with van der Waals surface area (Å²) in [6.45, 7) is 4.08. The van der Waals surface area contributed by atoms with E-state index >= 15 is 0 Å². The molecular formula is C10H18N2O2. The van der Waals surface area contributed by atoms with Crippen LogP contribution in [0.5, 0.6) is 0 Å². The third-order valence-electron chi connectivity index (χ3n) is 3.06. The van der Waals surface area contributed by atoms with E-state index in [0.717, 1.165) is 19.4 Å². The summed E-state index contributed by atoms with van der Waals surface area (Å²) in [5.41, 5.74) is 0. The lowest BCUT2D eigenvalue weighted by Crippen LogP contribution is -2.54. The van der Waals surface area contributed by atoms with Gasteiger partial charge in [-0.25, -0.2) is 4.79 Å². The van der Waals surface area contributed by atoms with Crippen molar-refractivity contribution in [1.82, 2.24) is 10.2 Å². The van der Waals surface area contributed by atoms with Crippen LogP contribution in [0, 0.1) is 0 Å². The Morgan fingerprint density at radius 3 is 2.86 bits per heavy atom. The Balaban J connectivity index is 1.82. The Labute approximate surface area is 84.6 Å². The Morgan fingerprint density at radius 2 is 2.29 bits per heavy atom. The highest BCUT2D eigenvalue weighted by Crippen LogP contribution is 2.18. The van der Waals surface area contributed by atoms with Crippen molar-refractivity contribution in [3.63, 3.8) is 0 Å². The molecule has 1 aliphatic heterocycles. The van der Waals surface area contributed by atoms with Gasteiger partial charge in [-0.2, -0.15) is 0 Å². The average molecular weight is 198 g/mol. The van der Waals surface area contributed by atoms with E-state index in [1.54, 1.807) is 0 Å². The van der Waals surface area contributed by atoms with E-state index in [2.05, 4.69) is 5.32 Å². The lowest BCUT2D eigenvalue weighted by atomic mass is 9.93. The number of nitrogens with zero attached hydrogens (tertiary/aromatic N) is 1. The van der Waals surface area contributed by atoms with Gasteiger partial charge in [0.15, 0.2) is 0 Å². The molecule has 0 unspecified atom stereocenters. The van der Waals surface area contributed by atoms with Crippen LogP contribution < -0.4 is 5.32 Å². The van der Waals surface area contributed by atoms with Gasteiger partial charge in [-0.1, -0.05) is 0 Å². The van der Waals surface area contributed by atoms with Crippen molar-refractivity contribution >= 4 is 6.03 Å². The zero-order valence-corrected chi connectivity index (χ0v) is 8.66. The average Bonchev–Trinajstić information content (AvgIpc) is 2.12. The monoisotopic (exact) mass is 198 g/mol. The maximum Gasteiger partial charge on any atom is 0.318 e. The maximum atomic E-state index is 11.8. The molecule has 1 heterocycles. The predicted octanol–water partition coefficient (Wildman–Crippen LogP) is 0.969. The number of ether oxygens (including phenoxy) is 1.